The van der Waals surface area contributed by atoms with Crippen LogP contribution in [0.2, 0.25) is 0 Å². The molecule has 1 aromatic rings. The second-order valence-corrected chi connectivity index (χ2v) is 4.66. The Balaban J connectivity index is 2.11. The number of carbonyl (C=O) groups excluding carboxylic acids is 1. The fourth-order valence-electron chi connectivity index (χ4n) is 2.56. The molecule has 0 bridgehead atoms. The van der Waals surface area contributed by atoms with Gasteiger partial charge in [0.05, 0.1) is 6.61 Å². The molecule has 0 atom stereocenters. The van der Waals surface area contributed by atoms with Crippen LogP contribution in [0, 0.1) is 0 Å². The van der Waals surface area contributed by atoms with Crippen LogP contribution in [0.5, 0.6) is 5.75 Å². The van der Waals surface area contributed by atoms with Gasteiger partial charge in [-0.3, -0.25) is 0 Å². The summed E-state index contributed by atoms with van der Waals surface area (Å²) in [6.45, 7) is 2.11. The van der Waals surface area contributed by atoms with E-state index in [4.69, 9.17) is 9.47 Å². The lowest BCUT2D eigenvalue weighted by atomic mass is 9.84. The summed E-state index contributed by atoms with van der Waals surface area (Å²) in [6.07, 6.45) is 5.60. The fraction of sp³-hybridized carbons (Fsp3) is 0.533. The molecule has 3 nitrogen and oxygen atoms in total. The molecule has 3 heteroatoms. The first-order chi connectivity index (χ1) is 8.81. The van der Waals surface area contributed by atoms with Crippen LogP contribution in [0.25, 0.3) is 0 Å². The number of hydrogen-bond donors (Lipinski definition) is 0. The van der Waals surface area contributed by atoms with E-state index in [9.17, 15) is 4.79 Å². The van der Waals surface area contributed by atoms with Crippen molar-refractivity contribution >= 4 is 6.16 Å². The zero-order chi connectivity index (χ0) is 12.8. The van der Waals surface area contributed by atoms with E-state index in [2.05, 4.69) is 6.07 Å². The fourth-order valence-corrected chi connectivity index (χ4v) is 2.56. The van der Waals surface area contributed by atoms with Crippen molar-refractivity contribution in [3.8, 4) is 5.75 Å². The van der Waals surface area contributed by atoms with Gasteiger partial charge in [0.15, 0.2) is 0 Å². The highest BCUT2D eigenvalue weighted by Crippen LogP contribution is 2.37. The van der Waals surface area contributed by atoms with Gasteiger partial charge >= 0.3 is 6.16 Å². The highest BCUT2D eigenvalue weighted by molar-refractivity contribution is 5.64. The van der Waals surface area contributed by atoms with E-state index < -0.39 is 6.16 Å². The highest BCUT2D eigenvalue weighted by Gasteiger charge is 2.20. The predicted molar refractivity (Wildman–Crippen MR) is 69.9 cm³/mol. The van der Waals surface area contributed by atoms with Gasteiger partial charge in [-0.15, -0.1) is 0 Å². The van der Waals surface area contributed by atoms with E-state index in [0.29, 0.717) is 18.3 Å². The molecule has 0 saturated heterocycles. The third-order valence-electron chi connectivity index (χ3n) is 3.42. The van der Waals surface area contributed by atoms with E-state index in [1.165, 1.54) is 32.1 Å². The Morgan fingerprint density at radius 1 is 1.22 bits per heavy atom. The van der Waals surface area contributed by atoms with Crippen LogP contribution in [0.1, 0.15) is 50.5 Å². The van der Waals surface area contributed by atoms with Crippen molar-refractivity contribution in [2.24, 2.45) is 0 Å². The summed E-state index contributed by atoms with van der Waals surface area (Å²) < 4.78 is 10.1. The molecule has 1 fully saturated rings. The van der Waals surface area contributed by atoms with Crippen LogP contribution < -0.4 is 4.74 Å². The lowest BCUT2D eigenvalue weighted by Crippen LogP contribution is -2.13. The molecule has 1 saturated carbocycles. The summed E-state index contributed by atoms with van der Waals surface area (Å²) >= 11 is 0. The molecular formula is C15H20O3. The zero-order valence-electron chi connectivity index (χ0n) is 10.9. The Labute approximate surface area is 108 Å². The van der Waals surface area contributed by atoms with Crippen molar-refractivity contribution < 1.29 is 14.3 Å². The lowest BCUT2D eigenvalue weighted by molar-refractivity contribution is 0.103. The minimum atomic E-state index is -0.610. The monoisotopic (exact) mass is 248 g/mol. The third-order valence-corrected chi connectivity index (χ3v) is 3.42. The van der Waals surface area contributed by atoms with Gasteiger partial charge in [-0.2, -0.15) is 0 Å². The number of benzene rings is 1. The molecular weight excluding hydrogens is 228 g/mol. The Hall–Kier alpha value is -1.51. The molecule has 98 valence electrons. The average Bonchev–Trinajstić information content (AvgIpc) is 2.40. The third kappa shape index (κ3) is 3.25. The molecule has 0 spiro atoms. The molecule has 0 aromatic heterocycles. The standard InChI is InChI=1S/C15H20O3/c1-2-17-15(16)18-14-11-7-6-10-13(14)12-8-4-3-5-9-12/h6-7,10-12H,2-5,8-9H2,1H3. The van der Waals surface area contributed by atoms with Gasteiger partial charge in [0.25, 0.3) is 0 Å². The topological polar surface area (TPSA) is 35.5 Å². The van der Waals surface area contributed by atoms with Gasteiger partial charge in [0.1, 0.15) is 5.75 Å². The first-order valence-electron chi connectivity index (χ1n) is 6.74. The SMILES string of the molecule is CCOC(=O)Oc1ccccc1C1CCCCC1. The Kier molecular flexibility index (Phi) is 4.62. The van der Waals surface area contributed by atoms with Crippen LogP contribution in [0.15, 0.2) is 24.3 Å². The van der Waals surface area contributed by atoms with Gasteiger partial charge in [-0.25, -0.2) is 4.79 Å². The van der Waals surface area contributed by atoms with Crippen LogP contribution in [-0.2, 0) is 4.74 Å². The van der Waals surface area contributed by atoms with E-state index >= 15 is 0 Å². The zero-order valence-corrected chi connectivity index (χ0v) is 10.9. The number of carbonyl (C=O) groups is 1. The number of ether oxygens (including phenoxy) is 2. The van der Waals surface area contributed by atoms with Crippen molar-refractivity contribution in [3.05, 3.63) is 29.8 Å². The quantitative estimate of drug-likeness (QED) is 0.592. The molecule has 18 heavy (non-hydrogen) atoms. The Morgan fingerprint density at radius 3 is 2.67 bits per heavy atom. The van der Waals surface area contributed by atoms with Crippen LogP contribution in [0.3, 0.4) is 0 Å². The van der Waals surface area contributed by atoms with Crippen molar-refractivity contribution in [3.63, 3.8) is 0 Å². The molecule has 0 heterocycles. The van der Waals surface area contributed by atoms with Crippen molar-refractivity contribution in [1.29, 1.82) is 0 Å². The van der Waals surface area contributed by atoms with Crippen LogP contribution in [-0.4, -0.2) is 12.8 Å². The number of hydrogen-bond acceptors (Lipinski definition) is 3. The van der Waals surface area contributed by atoms with Crippen LogP contribution >= 0.6 is 0 Å². The maximum Gasteiger partial charge on any atom is 0.513 e. The molecule has 1 aromatic carbocycles. The van der Waals surface area contributed by atoms with Crippen LogP contribution in [0.4, 0.5) is 4.79 Å². The second-order valence-electron chi connectivity index (χ2n) is 4.66. The minimum Gasteiger partial charge on any atom is -0.434 e. The molecule has 2 rings (SSSR count). The van der Waals surface area contributed by atoms with Crippen molar-refractivity contribution in [1.82, 2.24) is 0 Å². The van der Waals surface area contributed by atoms with Crippen molar-refractivity contribution in [2.45, 2.75) is 44.9 Å². The number of para-hydroxylation sites is 1. The largest absolute Gasteiger partial charge is 0.513 e. The van der Waals surface area contributed by atoms with E-state index in [1.807, 2.05) is 18.2 Å². The van der Waals surface area contributed by atoms with Gasteiger partial charge in [0.2, 0.25) is 0 Å². The molecule has 0 aliphatic heterocycles. The number of rotatable bonds is 3. The summed E-state index contributed by atoms with van der Waals surface area (Å²) in [6, 6.07) is 7.80. The smallest absolute Gasteiger partial charge is 0.434 e. The van der Waals surface area contributed by atoms with Gasteiger partial charge in [-0.1, -0.05) is 37.5 Å². The molecule has 1 aliphatic carbocycles. The summed E-state index contributed by atoms with van der Waals surface area (Å²) in [7, 11) is 0. The second kappa shape index (κ2) is 6.43. The lowest BCUT2D eigenvalue weighted by Gasteiger charge is -2.23. The normalized spacial score (nSPS) is 16.3. The maximum atomic E-state index is 11.4. The summed E-state index contributed by atoms with van der Waals surface area (Å²) in [5.41, 5.74) is 1.14. The van der Waals surface area contributed by atoms with E-state index in [0.717, 1.165) is 5.56 Å². The molecule has 0 unspecified atom stereocenters. The Morgan fingerprint density at radius 2 is 1.94 bits per heavy atom. The molecule has 0 amide bonds. The van der Waals surface area contributed by atoms with E-state index in [-0.39, 0.29) is 0 Å². The first kappa shape index (κ1) is 12.9. The molecule has 1 aliphatic rings. The minimum absolute atomic E-state index is 0.338. The van der Waals surface area contributed by atoms with Gasteiger partial charge in [0, 0.05) is 0 Å². The summed E-state index contributed by atoms with van der Waals surface area (Å²) in [5.74, 6) is 1.17. The molecule has 0 N–H and O–H groups in total. The summed E-state index contributed by atoms with van der Waals surface area (Å²) in [4.78, 5) is 11.4. The Bertz CT molecular complexity index is 394. The van der Waals surface area contributed by atoms with Gasteiger partial charge < -0.3 is 9.47 Å². The average molecular weight is 248 g/mol. The summed E-state index contributed by atoms with van der Waals surface area (Å²) in [5, 5.41) is 0. The first-order valence-corrected chi connectivity index (χ1v) is 6.74. The van der Waals surface area contributed by atoms with Crippen molar-refractivity contribution in [2.75, 3.05) is 6.61 Å². The van der Waals surface area contributed by atoms with E-state index in [1.54, 1.807) is 6.92 Å². The van der Waals surface area contributed by atoms with Gasteiger partial charge in [-0.05, 0) is 37.3 Å². The maximum absolute atomic E-state index is 11.4. The highest BCUT2D eigenvalue weighted by atomic mass is 16.7. The molecule has 0 radical (unpaired) electrons. The predicted octanol–water partition coefficient (Wildman–Crippen LogP) is 4.27.